The molecule has 1 aliphatic heterocycles. The van der Waals surface area contributed by atoms with E-state index in [1.54, 1.807) is 12.4 Å². The molecule has 1 aliphatic rings. The van der Waals surface area contributed by atoms with Crippen molar-refractivity contribution >= 4 is 32.2 Å². The van der Waals surface area contributed by atoms with Gasteiger partial charge in [0.1, 0.15) is 13.2 Å². The Labute approximate surface area is 178 Å². The Bertz CT molecular complexity index is 1410. The lowest BCUT2D eigenvalue weighted by Gasteiger charge is -2.19. The van der Waals surface area contributed by atoms with Crippen molar-refractivity contribution in [3.8, 4) is 22.6 Å². The summed E-state index contributed by atoms with van der Waals surface area (Å²) in [5.41, 5.74) is 4.15. The molecule has 31 heavy (non-hydrogen) atoms. The van der Waals surface area contributed by atoms with Gasteiger partial charge in [-0.3, -0.25) is 15.0 Å². The van der Waals surface area contributed by atoms with E-state index in [0.29, 0.717) is 41.6 Å². The van der Waals surface area contributed by atoms with Crippen LogP contribution in [0.3, 0.4) is 0 Å². The normalized spacial score (nSPS) is 13.2. The molecule has 1 N–H and O–H groups in total. The van der Waals surface area contributed by atoms with Crippen LogP contribution in [0.15, 0.2) is 66.1 Å². The predicted octanol–water partition coefficient (Wildman–Crippen LogP) is 3.61. The molecular weight excluding hydrogens is 416 g/mol. The van der Waals surface area contributed by atoms with Gasteiger partial charge in [-0.15, -0.1) is 0 Å². The van der Waals surface area contributed by atoms with Crippen LogP contribution in [0.5, 0.6) is 11.5 Å². The molecule has 0 aliphatic carbocycles. The maximum atomic E-state index is 12.2. The lowest BCUT2D eigenvalue weighted by atomic mass is 10.0. The number of fused-ring (bicyclic) bond motifs is 2. The third-order valence-corrected chi connectivity index (χ3v) is 6.04. The van der Waals surface area contributed by atoms with E-state index in [4.69, 9.17) is 9.47 Å². The van der Waals surface area contributed by atoms with Gasteiger partial charge >= 0.3 is 0 Å². The van der Waals surface area contributed by atoms with Crippen LogP contribution in [-0.2, 0) is 9.84 Å². The molecule has 0 spiro atoms. The average molecular weight is 434 g/mol. The van der Waals surface area contributed by atoms with Crippen molar-refractivity contribution in [1.82, 2.24) is 15.0 Å². The molecule has 0 atom stereocenters. The summed E-state index contributed by atoms with van der Waals surface area (Å²) >= 11 is 0. The number of nitrogens with zero attached hydrogens (tertiary/aromatic N) is 3. The van der Waals surface area contributed by atoms with Gasteiger partial charge in [0.05, 0.1) is 27.8 Å². The van der Waals surface area contributed by atoms with Crippen molar-refractivity contribution in [2.75, 3.05) is 24.8 Å². The molecule has 2 aromatic carbocycles. The fourth-order valence-electron chi connectivity index (χ4n) is 3.53. The Morgan fingerprint density at radius 3 is 2.58 bits per heavy atom. The topological polar surface area (TPSA) is 103 Å². The van der Waals surface area contributed by atoms with Crippen molar-refractivity contribution in [3.63, 3.8) is 0 Å². The van der Waals surface area contributed by atoms with E-state index >= 15 is 0 Å². The van der Waals surface area contributed by atoms with Gasteiger partial charge in [-0.25, -0.2) is 8.42 Å². The van der Waals surface area contributed by atoms with Gasteiger partial charge in [0.25, 0.3) is 0 Å². The smallest absolute Gasteiger partial charge is 0.177 e. The van der Waals surface area contributed by atoms with E-state index in [1.165, 1.54) is 24.7 Å². The van der Waals surface area contributed by atoms with E-state index in [-0.39, 0.29) is 4.90 Å². The van der Waals surface area contributed by atoms with Gasteiger partial charge in [-0.2, -0.15) is 0 Å². The van der Waals surface area contributed by atoms with Crippen molar-refractivity contribution < 1.29 is 17.9 Å². The van der Waals surface area contributed by atoms with Crippen LogP contribution >= 0.6 is 0 Å². The minimum Gasteiger partial charge on any atom is -0.486 e. The molecule has 0 radical (unpaired) electrons. The fourth-order valence-corrected chi connectivity index (χ4v) is 4.34. The molecule has 8 nitrogen and oxygen atoms in total. The average Bonchev–Trinajstić information content (AvgIpc) is 2.78. The monoisotopic (exact) mass is 434 g/mol. The van der Waals surface area contributed by atoms with Gasteiger partial charge in [0.2, 0.25) is 0 Å². The zero-order chi connectivity index (χ0) is 21.4. The Balaban J connectivity index is 1.64. The number of anilines is 2. The van der Waals surface area contributed by atoms with Gasteiger partial charge in [0, 0.05) is 36.1 Å². The highest BCUT2D eigenvalue weighted by molar-refractivity contribution is 7.90. The summed E-state index contributed by atoms with van der Waals surface area (Å²) in [6, 6.07) is 10.9. The molecule has 0 saturated heterocycles. The maximum absolute atomic E-state index is 12.2. The minimum atomic E-state index is -3.43. The Kier molecular flexibility index (Phi) is 4.67. The summed E-state index contributed by atoms with van der Waals surface area (Å²) in [4.78, 5) is 13.2. The van der Waals surface area contributed by atoms with Crippen LogP contribution in [0, 0.1) is 0 Å². The van der Waals surface area contributed by atoms with Crippen LogP contribution < -0.4 is 14.8 Å². The van der Waals surface area contributed by atoms with Crippen molar-refractivity contribution in [2.45, 2.75) is 4.90 Å². The van der Waals surface area contributed by atoms with Gasteiger partial charge < -0.3 is 14.8 Å². The van der Waals surface area contributed by atoms with Crippen molar-refractivity contribution in [1.29, 1.82) is 0 Å². The Hall–Kier alpha value is -3.72. The Morgan fingerprint density at radius 1 is 0.935 bits per heavy atom. The van der Waals surface area contributed by atoms with Crippen LogP contribution in [0.2, 0.25) is 0 Å². The number of hydrogen-bond acceptors (Lipinski definition) is 8. The number of rotatable bonds is 4. The summed E-state index contributed by atoms with van der Waals surface area (Å²) in [7, 11) is -3.43. The predicted molar refractivity (Wildman–Crippen MR) is 117 cm³/mol. The third kappa shape index (κ3) is 3.75. The summed E-state index contributed by atoms with van der Waals surface area (Å²) in [5.74, 6) is 1.37. The minimum absolute atomic E-state index is 0.169. The highest BCUT2D eigenvalue weighted by atomic mass is 32.2. The molecule has 4 aromatic rings. The lowest BCUT2D eigenvalue weighted by Crippen LogP contribution is -2.15. The van der Waals surface area contributed by atoms with Crippen LogP contribution in [0.1, 0.15) is 0 Å². The molecule has 0 unspecified atom stereocenters. The number of nitrogens with one attached hydrogen (secondary N) is 1. The molecule has 9 heteroatoms. The summed E-state index contributed by atoms with van der Waals surface area (Å²) in [6.45, 7) is 1.02. The lowest BCUT2D eigenvalue weighted by molar-refractivity contribution is 0.171. The summed E-state index contributed by atoms with van der Waals surface area (Å²) < 4.78 is 35.7. The fraction of sp³-hybridized carbons (Fsp3) is 0.136. The SMILES string of the molecule is CS(=O)(=O)c1ccncc1Nc1cc(-c2ccc3c(c2)OCCO3)c2nccnc2c1. The summed E-state index contributed by atoms with van der Waals surface area (Å²) in [5, 5.41) is 3.18. The third-order valence-electron chi connectivity index (χ3n) is 4.89. The second kappa shape index (κ2) is 7.51. The zero-order valence-corrected chi connectivity index (χ0v) is 17.4. The number of ether oxygens (including phenoxy) is 2. The molecule has 0 fully saturated rings. The van der Waals surface area contributed by atoms with Crippen LogP contribution in [0.4, 0.5) is 11.4 Å². The van der Waals surface area contributed by atoms with E-state index in [9.17, 15) is 8.42 Å². The molecule has 0 bridgehead atoms. The van der Waals surface area contributed by atoms with E-state index < -0.39 is 9.84 Å². The largest absolute Gasteiger partial charge is 0.486 e. The van der Waals surface area contributed by atoms with Gasteiger partial charge in [-0.05, 0) is 35.9 Å². The first kappa shape index (κ1) is 19.3. The molecule has 156 valence electrons. The first-order chi connectivity index (χ1) is 15.0. The number of aromatic nitrogens is 3. The maximum Gasteiger partial charge on any atom is 0.177 e. The zero-order valence-electron chi connectivity index (χ0n) is 16.6. The van der Waals surface area contributed by atoms with Crippen LogP contribution in [-0.4, -0.2) is 42.8 Å². The second-order valence-corrected chi connectivity index (χ2v) is 9.06. The number of benzene rings is 2. The molecular formula is C22H18N4O4S. The molecule has 0 amide bonds. The van der Waals surface area contributed by atoms with Gasteiger partial charge in [-0.1, -0.05) is 6.07 Å². The summed E-state index contributed by atoms with van der Waals surface area (Å²) in [6.07, 6.45) is 7.36. The highest BCUT2D eigenvalue weighted by Crippen LogP contribution is 2.38. The van der Waals surface area contributed by atoms with E-state index in [0.717, 1.165) is 16.6 Å². The highest BCUT2D eigenvalue weighted by Gasteiger charge is 2.17. The van der Waals surface area contributed by atoms with Crippen molar-refractivity contribution in [2.24, 2.45) is 0 Å². The standard InChI is InChI=1S/C22H18N4O4S/c1-31(27,28)21-4-5-23-13-18(21)26-15-11-16(22-17(12-15)24-6-7-25-22)14-2-3-19-20(10-14)30-9-8-29-19/h2-7,10-13,26H,8-9H2,1H3. The van der Waals surface area contributed by atoms with Crippen molar-refractivity contribution in [3.05, 3.63) is 61.2 Å². The number of sulfone groups is 1. The van der Waals surface area contributed by atoms with Gasteiger partial charge in [0.15, 0.2) is 21.3 Å². The number of hydrogen-bond donors (Lipinski definition) is 1. The molecule has 0 saturated carbocycles. The second-order valence-electron chi connectivity index (χ2n) is 7.08. The first-order valence-corrected chi connectivity index (χ1v) is 11.4. The quantitative estimate of drug-likeness (QED) is 0.520. The molecule has 3 heterocycles. The Morgan fingerprint density at radius 2 is 1.74 bits per heavy atom. The van der Waals surface area contributed by atoms with E-state index in [1.807, 2.05) is 30.3 Å². The molecule has 2 aromatic heterocycles. The van der Waals surface area contributed by atoms with Crippen LogP contribution in [0.25, 0.3) is 22.2 Å². The number of pyridine rings is 1. The van der Waals surface area contributed by atoms with E-state index in [2.05, 4.69) is 20.3 Å². The first-order valence-electron chi connectivity index (χ1n) is 9.55. The molecule has 5 rings (SSSR count).